The highest BCUT2D eigenvalue weighted by Crippen LogP contribution is 2.38. The largest absolute Gasteiger partial charge is 0.411 e. The lowest BCUT2D eigenvalue weighted by Gasteiger charge is -2.19. The van der Waals surface area contributed by atoms with Gasteiger partial charge in [-0.3, -0.25) is 4.99 Å². The molecule has 2 rings (SSSR count). The topological polar surface area (TPSA) is 45.0 Å². The normalized spacial score (nSPS) is 18.3. The third-order valence-electron chi connectivity index (χ3n) is 2.64. The van der Waals surface area contributed by atoms with E-state index in [1.54, 1.807) is 0 Å². The lowest BCUT2D eigenvalue weighted by Crippen LogP contribution is -2.26. The fourth-order valence-electron chi connectivity index (χ4n) is 1.75. The average molecular weight is 188 g/mol. The summed E-state index contributed by atoms with van der Waals surface area (Å²) in [7, 11) is 0. The van der Waals surface area contributed by atoms with Gasteiger partial charge in [0.2, 0.25) is 0 Å². The summed E-state index contributed by atoms with van der Waals surface area (Å²) in [5, 5.41) is 11.6. The molecule has 0 atom stereocenters. The fraction of sp³-hybridized carbons (Fsp3) is 0.273. The van der Waals surface area contributed by atoms with Crippen LogP contribution in [0.25, 0.3) is 0 Å². The lowest BCUT2D eigenvalue weighted by atomic mass is 9.82. The Morgan fingerprint density at radius 2 is 2.07 bits per heavy atom. The molecule has 0 aromatic heterocycles. The van der Waals surface area contributed by atoms with E-state index >= 15 is 0 Å². The highest BCUT2D eigenvalue weighted by Gasteiger charge is 2.33. The summed E-state index contributed by atoms with van der Waals surface area (Å²) in [5.41, 5.74) is 2.77. The Balaban J connectivity index is 2.56. The summed E-state index contributed by atoms with van der Waals surface area (Å²) in [4.78, 5) is 4.40. The quantitative estimate of drug-likeness (QED) is 0.411. The highest BCUT2D eigenvalue weighted by atomic mass is 16.4. The molecule has 0 saturated carbocycles. The second kappa shape index (κ2) is 2.94. The van der Waals surface area contributed by atoms with Crippen LogP contribution in [0.15, 0.2) is 34.4 Å². The Morgan fingerprint density at radius 1 is 1.36 bits per heavy atom. The van der Waals surface area contributed by atoms with Crippen molar-refractivity contribution in [2.45, 2.75) is 19.3 Å². The number of hydrogen-bond acceptors (Lipinski definition) is 3. The van der Waals surface area contributed by atoms with E-state index in [0.717, 1.165) is 11.4 Å². The van der Waals surface area contributed by atoms with Gasteiger partial charge in [-0.2, -0.15) is 0 Å². The molecule has 0 saturated heterocycles. The van der Waals surface area contributed by atoms with Crippen molar-refractivity contribution < 1.29 is 5.21 Å². The molecule has 1 aliphatic rings. The smallest absolute Gasteiger partial charge is 0.0885 e. The molecule has 0 aliphatic carbocycles. The van der Waals surface area contributed by atoms with Gasteiger partial charge in [-0.1, -0.05) is 37.2 Å². The van der Waals surface area contributed by atoms with Crippen molar-refractivity contribution in [1.29, 1.82) is 0 Å². The number of para-hydroxylation sites is 1. The van der Waals surface area contributed by atoms with Crippen molar-refractivity contribution in [2.75, 3.05) is 0 Å². The molecule has 3 heteroatoms. The molecular formula is C11H12N2O. The minimum absolute atomic E-state index is 0.164. The lowest BCUT2D eigenvalue weighted by molar-refractivity contribution is 0.322. The molecule has 0 bridgehead atoms. The van der Waals surface area contributed by atoms with Crippen LogP contribution in [0.4, 0.5) is 5.69 Å². The molecule has 72 valence electrons. The molecule has 0 fully saturated rings. The Morgan fingerprint density at radius 3 is 2.71 bits per heavy atom. The molecule has 0 amide bonds. The second-order valence-electron chi connectivity index (χ2n) is 3.88. The maximum absolute atomic E-state index is 8.53. The molecule has 1 aromatic rings. The summed E-state index contributed by atoms with van der Waals surface area (Å²) < 4.78 is 0. The first-order chi connectivity index (χ1) is 6.66. The monoisotopic (exact) mass is 188 g/mol. The van der Waals surface area contributed by atoms with Crippen LogP contribution in [0.2, 0.25) is 0 Å². The van der Waals surface area contributed by atoms with Crippen LogP contribution < -0.4 is 0 Å². The van der Waals surface area contributed by atoms with Crippen LogP contribution in [0.1, 0.15) is 19.4 Å². The number of fused-ring (bicyclic) bond motifs is 1. The minimum atomic E-state index is -0.164. The van der Waals surface area contributed by atoms with Crippen LogP contribution in [0.3, 0.4) is 0 Å². The second-order valence-corrected chi connectivity index (χ2v) is 3.88. The highest BCUT2D eigenvalue weighted by molar-refractivity contribution is 6.36. The van der Waals surface area contributed by atoms with Crippen molar-refractivity contribution in [1.82, 2.24) is 0 Å². The molecule has 0 spiro atoms. The summed E-state index contributed by atoms with van der Waals surface area (Å²) >= 11 is 0. The maximum Gasteiger partial charge on any atom is 0.0885 e. The third-order valence-corrected chi connectivity index (χ3v) is 2.64. The van der Waals surface area contributed by atoms with Crippen molar-refractivity contribution in [2.24, 2.45) is 10.1 Å². The van der Waals surface area contributed by atoms with Gasteiger partial charge in [0, 0.05) is 5.41 Å². The first-order valence-corrected chi connectivity index (χ1v) is 4.52. The first kappa shape index (κ1) is 8.94. The van der Waals surface area contributed by atoms with E-state index < -0.39 is 0 Å². The molecule has 1 N–H and O–H groups in total. The van der Waals surface area contributed by atoms with Crippen molar-refractivity contribution in [3.8, 4) is 0 Å². The number of nitrogens with zero attached hydrogens (tertiary/aromatic N) is 2. The maximum atomic E-state index is 8.53. The third kappa shape index (κ3) is 1.13. The van der Waals surface area contributed by atoms with Crippen LogP contribution >= 0.6 is 0 Å². The standard InChI is InChI=1S/C11H12N2O/c1-11(2)8-5-3-4-6-9(8)13-10(11)7-12-14/h3-7,14H,1-2H3/b12-7+. The summed E-state index contributed by atoms with van der Waals surface area (Å²) in [5.74, 6) is 0. The van der Waals surface area contributed by atoms with Gasteiger partial charge in [0.25, 0.3) is 0 Å². The first-order valence-electron chi connectivity index (χ1n) is 4.52. The summed E-state index contributed by atoms with van der Waals surface area (Å²) in [6.45, 7) is 4.14. The van der Waals surface area contributed by atoms with Crippen molar-refractivity contribution in [3.05, 3.63) is 29.8 Å². The predicted octanol–water partition coefficient (Wildman–Crippen LogP) is 2.51. The van der Waals surface area contributed by atoms with Crippen LogP contribution in [-0.4, -0.2) is 17.1 Å². The van der Waals surface area contributed by atoms with Crippen LogP contribution in [-0.2, 0) is 5.41 Å². The minimum Gasteiger partial charge on any atom is -0.411 e. The zero-order valence-corrected chi connectivity index (χ0v) is 8.23. The number of hydrogen-bond donors (Lipinski definition) is 1. The Bertz CT molecular complexity index is 419. The summed E-state index contributed by atoms with van der Waals surface area (Å²) in [6.07, 6.45) is 1.40. The van der Waals surface area contributed by atoms with Crippen molar-refractivity contribution in [3.63, 3.8) is 0 Å². The van der Waals surface area contributed by atoms with Gasteiger partial charge in [0.1, 0.15) is 0 Å². The number of aliphatic imine (C=N–C) groups is 1. The van der Waals surface area contributed by atoms with Gasteiger partial charge < -0.3 is 5.21 Å². The van der Waals surface area contributed by atoms with E-state index in [4.69, 9.17) is 5.21 Å². The van der Waals surface area contributed by atoms with E-state index in [1.807, 2.05) is 18.2 Å². The fourth-order valence-corrected chi connectivity index (χ4v) is 1.75. The Labute approximate surface area is 82.8 Å². The Hall–Kier alpha value is -1.64. The number of rotatable bonds is 1. The molecule has 1 aliphatic heterocycles. The average Bonchev–Trinajstić information content (AvgIpc) is 2.41. The van der Waals surface area contributed by atoms with Crippen molar-refractivity contribution >= 4 is 17.6 Å². The van der Waals surface area contributed by atoms with Gasteiger partial charge in [-0.15, -0.1) is 0 Å². The SMILES string of the molecule is CC1(C)C(/C=N/O)=Nc2ccccc21. The van der Waals surface area contributed by atoms with Gasteiger partial charge in [-0.25, -0.2) is 0 Å². The Kier molecular flexibility index (Phi) is 1.88. The van der Waals surface area contributed by atoms with E-state index in [9.17, 15) is 0 Å². The molecule has 3 nitrogen and oxygen atoms in total. The molecule has 14 heavy (non-hydrogen) atoms. The van der Waals surface area contributed by atoms with Crippen LogP contribution in [0, 0.1) is 0 Å². The van der Waals surface area contributed by atoms with E-state index in [1.165, 1.54) is 11.8 Å². The predicted molar refractivity (Wildman–Crippen MR) is 56.8 cm³/mol. The summed E-state index contributed by atoms with van der Waals surface area (Å²) in [6, 6.07) is 7.97. The zero-order valence-electron chi connectivity index (χ0n) is 8.23. The van der Waals surface area contributed by atoms with Gasteiger partial charge in [0.15, 0.2) is 0 Å². The van der Waals surface area contributed by atoms with Crippen LogP contribution in [0.5, 0.6) is 0 Å². The van der Waals surface area contributed by atoms with Gasteiger partial charge in [-0.05, 0) is 11.6 Å². The molecule has 0 radical (unpaired) electrons. The molecular weight excluding hydrogens is 176 g/mol. The molecule has 1 heterocycles. The van der Waals surface area contributed by atoms with Gasteiger partial charge in [0.05, 0.1) is 17.6 Å². The molecule has 0 unspecified atom stereocenters. The molecule has 1 aromatic carbocycles. The zero-order chi connectivity index (χ0) is 10.2. The number of oxime groups is 1. The van der Waals surface area contributed by atoms with E-state index in [0.29, 0.717) is 0 Å². The van der Waals surface area contributed by atoms with Gasteiger partial charge >= 0.3 is 0 Å². The number of benzene rings is 1. The van der Waals surface area contributed by atoms with E-state index in [-0.39, 0.29) is 5.41 Å². The van der Waals surface area contributed by atoms with E-state index in [2.05, 4.69) is 30.1 Å².